The topological polar surface area (TPSA) is 86.8 Å². The molecule has 4 aromatic carbocycles. The van der Waals surface area contributed by atoms with Crippen molar-refractivity contribution in [1.82, 2.24) is 10.2 Å². The van der Waals surface area contributed by atoms with E-state index < -0.39 is 28.5 Å². The molecule has 2 amide bonds. The van der Waals surface area contributed by atoms with Gasteiger partial charge >= 0.3 is 0 Å². The van der Waals surface area contributed by atoms with Crippen LogP contribution in [0.5, 0.6) is 0 Å². The Labute approximate surface area is 261 Å². The second-order valence-corrected chi connectivity index (χ2v) is 13.1. The van der Waals surface area contributed by atoms with Crippen molar-refractivity contribution in [2.75, 3.05) is 10.8 Å². The molecule has 0 bridgehead atoms. The summed E-state index contributed by atoms with van der Waals surface area (Å²) in [5.41, 5.74) is 4.00. The Morgan fingerprint density at radius 2 is 1.36 bits per heavy atom. The van der Waals surface area contributed by atoms with Crippen LogP contribution >= 0.6 is 0 Å². The molecule has 0 heterocycles. The number of carbonyl (C=O) groups is 2. The molecule has 0 saturated heterocycles. The standard InChI is InChI=1S/C36H41N3O4S/c1-5-29(4)37-36(41)34(24-30-16-8-6-9-17-30)38(25-31-18-12-14-27(2)22-31)35(40)26-39(32-19-13-15-28(3)23-32)44(42,43)33-20-10-7-11-21-33/h6-23,29,34H,5,24-26H2,1-4H3,(H,37,41)/t29-,34-/m1/s1. The van der Waals surface area contributed by atoms with Crippen molar-refractivity contribution in [2.24, 2.45) is 0 Å². The van der Waals surface area contributed by atoms with Crippen LogP contribution in [0.1, 0.15) is 42.5 Å². The number of benzene rings is 4. The van der Waals surface area contributed by atoms with E-state index in [0.717, 1.165) is 33.0 Å². The van der Waals surface area contributed by atoms with Gasteiger partial charge in [0.25, 0.3) is 10.0 Å². The van der Waals surface area contributed by atoms with E-state index >= 15 is 0 Å². The van der Waals surface area contributed by atoms with Gasteiger partial charge in [-0.15, -0.1) is 0 Å². The maximum atomic E-state index is 14.5. The van der Waals surface area contributed by atoms with Crippen molar-refractivity contribution in [3.8, 4) is 0 Å². The Bertz CT molecular complexity index is 1660. The van der Waals surface area contributed by atoms with Crippen molar-refractivity contribution < 1.29 is 18.0 Å². The van der Waals surface area contributed by atoms with Crippen LogP contribution in [0, 0.1) is 13.8 Å². The minimum atomic E-state index is -4.12. The van der Waals surface area contributed by atoms with Gasteiger partial charge in [-0.2, -0.15) is 0 Å². The van der Waals surface area contributed by atoms with Crippen LogP contribution in [0.4, 0.5) is 5.69 Å². The third kappa shape index (κ3) is 8.35. The molecule has 0 radical (unpaired) electrons. The normalized spacial score (nSPS) is 12.6. The molecular weight excluding hydrogens is 570 g/mol. The fourth-order valence-electron chi connectivity index (χ4n) is 5.03. The summed E-state index contributed by atoms with van der Waals surface area (Å²) in [5, 5.41) is 3.07. The van der Waals surface area contributed by atoms with Gasteiger partial charge < -0.3 is 10.2 Å². The molecule has 44 heavy (non-hydrogen) atoms. The van der Waals surface area contributed by atoms with E-state index in [-0.39, 0.29) is 29.8 Å². The molecule has 4 rings (SSSR count). The van der Waals surface area contributed by atoms with E-state index in [1.807, 2.05) is 88.4 Å². The van der Waals surface area contributed by atoms with Gasteiger partial charge in [-0.1, -0.05) is 97.4 Å². The van der Waals surface area contributed by atoms with Gasteiger partial charge in [-0.3, -0.25) is 13.9 Å². The van der Waals surface area contributed by atoms with Crippen molar-refractivity contribution in [2.45, 2.75) is 64.1 Å². The summed E-state index contributed by atoms with van der Waals surface area (Å²) in [6.07, 6.45) is 1.00. The number of nitrogens with one attached hydrogen (secondary N) is 1. The molecule has 8 heteroatoms. The Kier molecular flexibility index (Phi) is 11.0. The zero-order valence-electron chi connectivity index (χ0n) is 25.8. The molecule has 0 saturated carbocycles. The van der Waals surface area contributed by atoms with Crippen LogP contribution in [0.25, 0.3) is 0 Å². The average molecular weight is 612 g/mol. The van der Waals surface area contributed by atoms with Gasteiger partial charge in [0.05, 0.1) is 10.6 Å². The van der Waals surface area contributed by atoms with Gasteiger partial charge in [0.15, 0.2) is 0 Å². The van der Waals surface area contributed by atoms with Gasteiger partial charge in [0.2, 0.25) is 11.8 Å². The van der Waals surface area contributed by atoms with Crippen LogP contribution in [-0.4, -0.2) is 43.8 Å². The number of sulfonamides is 1. The van der Waals surface area contributed by atoms with E-state index in [2.05, 4.69) is 5.32 Å². The maximum Gasteiger partial charge on any atom is 0.264 e. The Hall–Kier alpha value is -4.43. The SMILES string of the molecule is CC[C@@H](C)NC(=O)[C@@H](Cc1ccccc1)N(Cc1cccc(C)c1)C(=O)CN(c1cccc(C)c1)S(=O)(=O)c1ccccc1. The Morgan fingerprint density at radius 1 is 0.773 bits per heavy atom. The molecule has 1 N–H and O–H groups in total. The first-order valence-electron chi connectivity index (χ1n) is 14.9. The number of rotatable bonds is 13. The zero-order chi connectivity index (χ0) is 31.7. The van der Waals surface area contributed by atoms with E-state index in [4.69, 9.17) is 0 Å². The number of hydrogen-bond donors (Lipinski definition) is 1. The fraction of sp³-hybridized carbons (Fsp3) is 0.278. The summed E-state index contributed by atoms with van der Waals surface area (Å²) in [5.74, 6) is -0.759. The maximum absolute atomic E-state index is 14.5. The first-order chi connectivity index (χ1) is 21.1. The summed E-state index contributed by atoms with van der Waals surface area (Å²) in [6.45, 7) is 7.42. The van der Waals surface area contributed by atoms with Crippen molar-refractivity contribution >= 4 is 27.5 Å². The van der Waals surface area contributed by atoms with Gasteiger partial charge in [0, 0.05) is 19.0 Å². The third-order valence-electron chi connectivity index (χ3n) is 7.61. The monoisotopic (exact) mass is 611 g/mol. The van der Waals surface area contributed by atoms with E-state index in [0.29, 0.717) is 5.69 Å². The van der Waals surface area contributed by atoms with Gasteiger partial charge in [0.1, 0.15) is 12.6 Å². The molecule has 0 aliphatic carbocycles. The quantitative estimate of drug-likeness (QED) is 0.199. The zero-order valence-corrected chi connectivity index (χ0v) is 26.6. The first-order valence-corrected chi connectivity index (χ1v) is 16.4. The summed E-state index contributed by atoms with van der Waals surface area (Å²) in [4.78, 5) is 30.0. The first kappa shape index (κ1) is 32.5. The number of carbonyl (C=O) groups excluding carboxylic acids is 2. The highest BCUT2D eigenvalue weighted by atomic mass is 32.2. The van der Waals surface area contributed by atoms with E-state index in [1.165, 1.54) is 17.0 Å². The molecule has 4 aromatic rings. The lowest BCUT2D eigenvalue weighted by atomic mass is 10.0. The van der Waals surface area contributed by atoms with Crippen LogP contribution in [0.3, 0.4) is 0 Å². The summed E-state index contributed by atoms with van der Waals surface area (Å²) in [7, 11) is -4.12. The predicted octanol–water partition coefficient (Wildman–Crippen LogP) is 6.05. The number of anilines is 1. The largest absolute Gasteiger partial charge is 0.352 e. The smallest absolute Gasteiger partial charge is 0.264 e. The molecule has 2 atom stereocenters. The lowest BCUT2D eigenvalue weighted by Crippen LogP contribution is -2.54. The molecular formula is C36H41N3O4S. The average Bonchev–Trinajstić information content (AvgIpc) is 3.02. The predicted molar refractivity (Wildman–Crippen MR) is 176 cm³/mol. The van der Waals surface area contributed by atoms with E-state index in [9.17, 15) is 18.0 Å². The van der Waals surface area contributed by atoms with Crippen LogP contribution in [0.15, 0.2) is 114 Å². The van der Waals surface area contributed by atoms with Gasteiger partial charge in [-0.25, -0.2) is 8.42 Å². The number of aryl methyl sites for hydroxylation is 2. The summed E-state index contributed by atoms with van der Waals surface area (Å²) in [6, 6.07) is 31.5. The highest BCUT2D eigenvalue weighted by Gasteiger charge is 2.35. The minimum Gasteiger partial charge on any atom is -0.352 e. The molecule has 0 unspecified atom stereocenters. The highest BCUT2D eigenvalue weighted by Crippen LogP contribution is 2.26. The fourth-order valence-corrected chi connectivity index (χ4v) is 6.46. The molecule has 230 valence electrons. The van der Waals surface area contributed by atoms with Crippen LogP contribution in [0.2, 0.25) is 0 Å². The van der Waals surface area contributed by atoms with E-state index in [1.54, 1.807) is 36.4 Å². The molecule has 0 aromatic heterocycles. The lowest BCUT2D eigenvalue weighted by Gasteiger charge is -2.34. The van der Waals surface area contributed by atoms with Crippen molar-refractivity contribution in [1.29, 1.82) is 0 Å². The van der Waals surface area contributed by atoms with Crippen molar-refractivity contribution in [3.05, 3.63) is 131 Å². The molecule has 0 fully saturated rings. The van der Waals surface area contributed by atoms with Crippen LogP contribution < -0.4 is 9.62 Å². The second-order valence-electron chi connectivity index (χ2n) is 11.2. The van der Waals surface area contributed by atoms with Crippen LogP contribution in [-0.2, 0) is 32.6 Å². The summed E-state index contributed by atoms with van der Waals surface area (Å²) >= 11 is 0. The number of hydrogen-bond acceptors (Lipinski definition) is 4. The molecule has 7 nitrogen and oxygen atoms in total. The lowest BCUT2D eigenvalue weighted by molar-refractivity contribution is -0.140. The second kappa shape index (κ2) is 14.8. The Balaban J connectivity index is 1.80. The number of nitrogens with zero attached hydrogens (tertiary/aromatic N) is 2. The number of amides is 2. The van der Waals surface area contributed by atoms with Crippen molar-refractivity contribution in [3.63, 3.8) is 0 Å². The Morgan fingerprint density at radius 3 is 1.98 bits per heavy atom. The third-order valence-corrected chi connectivity index (χ3v) is 9.40. The van der Waals surface area contributed by atoms with Gasteiger partial charge in [-0.05, 0) is 68.1 Å². The highest BCUT2D eigenvalue weighted by molar-refractivity contribution is 7.92. The molecule has 0 spiro atoms. The molecule has 0 aliphatic heterocycles. The summed E-state index contributed by atoms with van der Waals surface area (Å²) < 4.78 is 29.3. The molecule has 0 aliphatic rings. The minimum absolute atomic E-state index is 0.0786.